The van der Waals surface area contributed by atoms with Crippen LogP contribution in [0, 0.1) is 0 Å². The molecule has 0 saturated carbocycles. The second-order valence-corrected chi connectivity index (χ2v) is 5.29. The molecule has 116 valence electrons. The van der Waals surface area contributed by atoms with Crippen LogP contribution in [0.4, 0.5) is 11.5 Å². The number of fused-ring (bicyclic) bond motifs is 1. The maximum atomic E-state index is 12.2. The van der Waals surface area contributed by atoms with Crippen LogP contribution in [0.1, 0.15) is 5.56 Å². The molecule has 0 aliphatic heterocycles. The van der Waals surface area contributed by atoms with Gasteiger partial charge in [0.2, 0.25) is 0 Å². The molecule has 0 radical (unpaired) electrons. The fourth-order valence-corrected chi connectivity index (χ4v) is 2.40. The number of benzene rings is 2. The van der Waals surface area contributed by atoms with Crippen LogP contribution in [-0.2, 0) is 14.1 Å². The highest BCUT2D eigenvalue weighted by atomic mass is 16.2. The maximum absolute atomic E-state index is 12.2. The van der Waals surface area contributed by atoms with E-state index in [4.69, 9.17) is 5.73 Å². The van der Waals surface area contributed by atoms with E-state index < -0.39 is 11.2 Å². The standard InChI is InChI=1S/C17H16N4O2/c1-20-15(18)14(16(22)21(2)17(20)23)10-19-13-8-7-11-5-3-4-6-12(11)9-13/h3-10H,18H2,1-2H3. The molecule has 6 nitrogen and oxygen atoms in total. The molecule has 3 rings (SSSR count). The van der Waals surface area contributed by atoms with Crippen LogP contribution in [-0.4, -0.2) is 15.3 Å². The van der Waals surface area contributed by atoms with Gasteiger partial charge in [-0.15, -0.1) is 0 Å². The Hall–Kier alpha value is -3.15. The van der Waals surface area contributed by atoms with Gasteiger partial charge >= 0.3 is 5.69 Å². The molecule has 2 N–H and O–H groups in total. The van der Waals surface area contributed by atoms with Crippen molar-refractivity contribution in [1.82, 2.24) is 9.13 Å². The van der Waals surface area contributed by atoms with Crippen LogP contribution in [0.5, 0.6) is 0 Å². The highest BCUT2D eigenvalue weighted by Crippen LogP contribution is 2.20. The molecule has 3 aromatic rings. The lowest BCUT2D eigenvalue weighted by Crippen LogP contribution is -2.40. The number of nitrogens with zero attached hydrogens (tertiary/aromatic N) is 3. The largest absolute Gasteiger partial charge is 0.384 e. The Balaban J connectivity index is 2.09. The number of nitrogens with two attached hydrogens (primary N) is 1. The van der Waals surface area contributed by atoms with E-state index in [9.17, 15) is 9.59 Å². The van der Waals surface area contributed by atoms with Crippen molar-refractivity contribution in [2.75, 3.05) is 5.73 Å². The molecule has 0 saturated heterocycles. The Bertz CT molecular complexity index is 1040. The summed E-state index contributed by atoms with van der Waals surface area (Å²) in [6.07, 6.45) is 1.40. The van der Waals surface area contributed by atoms with E-state index in [-0.39, 0.29) is 11.4 Å². The SMILES string of the molecule is Cn1c(N)c(C=Nc2ccc3ccccc3c2)c(=O)n(C)c1=O. The summed E-state index contributed by atoms with van der Waals surface area (Å²) < 4.78 is 2.24. The molecule has 2 aromatic carbocycles. The highest BCUT2D eigenvalue weighted by molar-refractivity contribution is 5.89. The van der Waals surface area contributed by atoms with Gasteiger partial charge in [-0.05, 0) is 22.9 Å². The molecule has 1 aromatic heterocycles. The third kappa shape index (κ3) is 2.55. The van der Waals surface area contributed by atoms with Crippen LogP contribution in [0.25, 0.3) is 10.8 Å². The zero-order valence-corrected chi connectivity index (χ0v) is 12.9. The summed E-state index contributed by atoms with van der Waals surface area (Å²) in [6.45, 7) is 0. The van der Waals surface area contributed by atoms with Crippen molar-refractivity contribution in [3.05, 3.63) is 68.9 Å². The van der Waals surface area contributed by atoms with Crippen molar-refractivity contribution in [2.24, 2.45) is 19.1 Å². The molecule has 23 heavy (non-hydrogen) atoms. The van der Waals surface area contributed by atoms with E-state index in [0.29, 0.717) is 5.69 Å². The summed E-state index contributed by atoms with van der Waals surface area (Å²) in [7, 11) is 2.93. The minimum absolute atomic E-state index is 0.0997. The van der Waals surface area contributed by atoms with Crippen LogP contribution >= 0.6 is 0 Å². The van der Waals surface area contributed by atoms with Gasteiger partial charge < -0.3 is 5.73 Å². The van der Waals surface area contributed by atoms with Gasteiger partial charge in [-0.2, -0.15) is 0 Å². The molecule has 1 heterocycles. The molecule has 0 fully saturated rings. The van der Waals surface area contributed by atoms with Gasteiger partial charge in [0.15, 0.2) is 0 Å². The zero-order chi connectivity index (χ0) is 16.6. The average Bonchev–Trinajstić information content (AvgIpc) is 2.58. The fraction of sp³-hybridized carbons (Fsp3) is 0.118. The maximum Gasteiger partial charge on any atom is 0.332 e. The summed E-state index contributed by atoms with van der Waals surface area (Å²) in [5, 5.41) is 2.17. The van der Waals surface area contributed by atoms with Crippen LogP contribution in [0.15, 0.2) is 57.0 Å². The molecule has 0 aliphatic rings. The third-order valence-corrected chi connectivity index (χ3v) is 3.82. The first kappa shape index (κ1) is 14.8. The van der Waals surface area contributed by atoms with Crippen LogP contribution < -0.4 is 17.0 Å². The topological polar surface area (TPSA) is 82.4 Å². The number of aromatic nitrogens is 2. The van der Waals surface area contributed by atoms with Gasteiger partial charge in [0, 0.05) is 20.3 Å². The minimum atomic E-state index is -0.463. The van der Waals surface area contributed by atoms with Crippen molar-refractivity contribution in [1.29, 1.82) is 0 Å². The summed E-state index contributed by atoms with van der Waals surface area (Å²) in [5.74, 6) is 0.0997. The molecule has 0 aliphatic carbocycles. The Labute approximate surface area is 132 Å². The Morgan fingerprint density at radius 2 is 1.70 bits per heavy atom. The molecule has 0 atom stereocenters. The molecular formula is C17H16N4O2. The zero-order valence-electron chi connectivity index (χ0n) is 12.9. The first-order valence-corrected chi connectivity index (χ1v) is 7.07. The molecule has 6 heteroatoms. The Morgan fingerprint density at radius 1 is 1.00 bits per heavy atom. The number of nitrogen functional groups attached to an aromatic ring is 1. The van der Waals surface area contributed by atoms with Crippen molar-refractivity contribution >= 4 is 28.5 Å². The normalized spacial score (nSPS) is 11.4. The Kier molecular flexibility index (Phi) is 3.57. The summed E-state index contributed by atoms with van der Waals surface area (Å²) in [5.41, 5.74) is 5.85. The van der Waals surface area contributed by atoms with Crippen molar-refractivity contribution < 1.29 is 0 Å². The number of anilines is 1. The van der Waals surface area contributed by atoms with E-state index in [2.05, 4.69) is 4.99 Å². The molecular weight excluding hydrogens is 292 g/mol. The van der Waals surface area contributed by atoms with Crippen LogP contribution in [0.2, 0.25) is 0 Å². The summed E-state index contributed by atoms with van der Waals surface area (Å²) >= 11 is 0. The van der Waals surface area contributed by atoms with Gasteiger partial charge in [-0.25, -0.2) is 4.79 Å². The molecule has 0 bridgehead atoms. The van der Waals surface area contributed by atoms with E-state index in [0.717, 1.165) is 15.3 Å². The lowest BCUT2D eigenvalue weighted by Gasteiger charge is -2.08. The van der Waals surface area contributed by atoms with E-state index in [1.807, 2.05) is 42.5 Å². The number of hydrogen-bond donors (Lipinski definition) is 1. The first-order valence-electron chi connectivity index (χ1n) is 7.07. The average molecular weight is 308 g/mol. The predicted octanol–water partition coefficient (Wildman–Crippen LogP) is 1.57. The smallest absolute Gasteiger partial charge is 0.332 e. The molecule has 0 spiro atoms. The van der Waals surface area contributed by atoms with Gasteiger partial charge in [-0.3, -0.25) is 18.9 Å². The number of aliphatic imine (C=N–C) groups is 1. The second kappa shape index (κ2) is 5.57. The first-order chi connectivity index (χ1) is 11.0. The summed E-state index contributed by atoms with van der Waals surface area (Å²) in [6, 6.07) is 13.7. The van der Waals surface area contributed by atoms with E-state index in [1.165, 1.54) is 24.9 Å². The minimum Gasteiger partial charge on any atom is -0.384 e. The van der Waals surface area contributed by atoms with Crippen LogP contribution in [0.3, 0.4) is 0 Å². The monoisotopic (exact) mass is 308 g/mol. The van der Waals surface area contributed by atoms with E-state index >= 15 is 0 Å². The number of rotatable bonds is 2. The lowest BCUT2D eigenvalue weighted by atomic mass is 10.1. The fourth-order valence-electron chi connectivity index (χ4n) is 2.40. The van der Waals surface area contributed by atoms with Gasteiger partial charge in [-0.1, -0.05) is 30.3 Å². The van der Waals surface area contributed by atoms with Gasteiger partial charge in [0.25, 0.3) is 5.56 Å². The third-order valence-electron chi connectivity index (χ3n) is 3.82. The van der Waals surface area contributed by atoms with Crippen molar-refractivity contribution in [2.45, 2.75) is 0 Å². The van der Waals surface area contributed by atoms with Crippen molar-refractivity contribution in [3.8, 4) is 0 Å². The predicted molar refractivity (Wildman–Crippen MR) is 92.5 cm³/mol. The lowest BCUT2D eigenvalue weighted by molar-refractivity contribution is 0.692. The van der Waals surface area contributed by atoms with Gasteiger partial charge in [0.1, 0.15) is 5.82 Å². The van der Waals surface area contributed by atoms with Gasteiger partial charge in [0.05, 0.1) is 11.3 Å². The Morgan fingerprint density at radius 3 is 2.43 bits per heavy atom. The quantitative estimate of drug-likeness (QED) is 0.729. The van der Waals surface area contributed by atoms with E-state index in [1.54, 1.807) is 0 Å². The summed E-state index contributed by atoms with van der Waals surface area (Å²) in [4.78, 5) is 28.3. The van der Waals surface area contributed by atoms with Crippen molar-refractivity contribution in [3.63, 3.8) is 0 Å². The molecule has 0 unspecified atom stereocenters. The molecule has 0 amide bonds. The number of hydrogen-bond acceptors (Lipinski definition) is 4. The highest BCUT2D eigenvalue weighted by Gasteiger charge is 2.11. The second-order valence-electron chi connectivity index (χ2n) is 5.29.